The summed E-state index contributed by atoms with van der Waals surface area (Å²) in [5, 5.41) is 7.82. The van der Waals surface area contributed by atoms with Gasteiger partial charge in [0.15, 0.2) is 0 Å². The molecule has 1 N–H and O–H groups in total. The number of hydrogen-bond acceptors (Lipinski definition) is 5. The van der Waals surface area contributed by atoms with Gasteiger partial charge in [0.1, 0.15) is 5.60 Å². The first-order chi connectivity index (χ1) is 16.8. The molecule has 1 atom stereocenters. The molecule has 35 heavy (non-hydrogen) atoms. The molecule has 1 aromatic heterocycles. The SMILES string of the molecule is CCN1CCC[C@@H]1CNC(=O)c1cnn(-c2ccccc2)c1C1CCN(C(=O)OC(C)(C)C)CC1. The third-order valence-corrected chi connectivity index (χ3v) is 6.99. The van der Waals surface area contributed by atoms with E-state index in [-0.39, 0.29) is 17.9 Å². The van der Waals surface area contributed by atoms with Crippen molar-refractivity contribution in [3.63, 3.8) is 0 Å². The maximum absolute atomic E-state index is 13.4. The molecule has 2 fully saturated rings. The van der Waals surface area contributed by atoms with E-state index >= 15 is 0 Å². The molecular formula is C27H39N5O3. The molecule has 2 aliphatic rings. The fraction of sp³-hybridized carbons (Fsp3) is 0.593. The Morgan fingerprint density at radius 3 is 2.46 bits per heavy atom. The predicted octanol–water partition coefficient (Wildman–Crippen LogP) is 4.20. The van der Waals surface area contributed by atoms with Crippen LogP contribution in [0.2, 0.25) is 0 Å². The van der Waals surface area contributed by atoms with Crippen LogP contribution in [0.1, 0.15) is 75.3 Å². The zero-order valence-electron chi connectivity index (χ0n) is 21.5. The van der Waals surface area contributed by atoms with Crippen molar-refractivity contribution < 1.29 is 14.3 Å². The number of benzene rings is 1. The molecule has 8 nitrogen and oxygen atoms in total. The van der Waals surface area contributed by atoms with Crippen molar-refractivity contribution in [2.24, 2.45) is 0 Å². The van der Waals surface area contributed by atoms with Crippen molar-refractivity contribution in [2.45, 2.75) is 70.9 Å². The van der Waals surface area contributed by atoms with Crippen LogP contribution >= 0.6 is 0 Å². The van der Waals surface area contributed by atoms with E-state index in [1.165, 1.54) is 6.42 Å². The summed E-state index contributed by atoms with van der Waals surface area (Å²) in [5.74, 6) is 0.0514. The lowest BCUT2D eigenvalue weighted by Gasteiger charge is -2.34. The van der Waals surface area contributed by atoms with E-state index in [1.54, 1.807) is 11.1 Å². The second-order valence-corrected chi connectivity index (χ2v) is 10.6. The Balaban J connectivity index is 1.52. The van der Waals surface area contributed by atoms with Crippen LogP contribution in [0.25, 0.3) is 5.69 Å². The highest BCUT2D eigenvalue weighted by Gasteiger charge is 2.32. The number of likely N-dealkylation sites (N-methyl/N-ethyl adjacent to an activating group) is 1. The van der Waals surface area contributed by atoms with Crippen LogP contribution in [-0.2, 0) is 4.74 Å². The van der Waals surface area contributed by atoms with Crippen molar-refractivity contribution in [1.29, 1.82) is 0 Å². The van der Waals surface area contributed by atoms with Crippen LogP contribution in [0.3, 0.4) is 0 Å². The van der Waals surface area contributed by atoms with Crippen molar-refractivity contribution >= 4 is 12.0 Å². The maximum atomic E-state index is 13.4. The molecular weight excluding hydrogens is 442 g/mol. The summed E-state index contributed by atoms with van der Waals surface area (Å²) in [6.45, 7) is 11.8. The Kier molecular flexibility index (Phi) is 7.79. The fourth-order valence-electron chi connectivity index (χ4n) is 5.21. The number of aromatic nitrogens is 2. The van der Waals surface area contributed by atoms with Gasteiger partial charge in [-0.3, -0.25) is 9.69 Å². The van der Waals surface area contributed by atoms with E-state index in [1.807, 2.05) is 55.8 Å². The normalized spacial score (nSPS) is 19.7. The van der Waals surface area contributed by atoms with Gasteiger partial charge in [-0.05, 0) is 71.7 Å². The van der Waals surface area contributed by atoms with Crippen LogP contribution in [0, 0.1) is 0 Å². The molecule has 2 saturated heterocycles. The molecule has 2 amide bonds. The molecule has 2 aromatic rings. The van der Waals surface area contributed by atoms with Gasteiger partial charge < -0.3 is 15.0 Å². The largest absolute Gasteiger partial charge is 0.444 e. The van der Waals surface area contributed by atoms with Crippen molar-refractivity contribution in [3.05, 3.63) is 47.8 Å². The van der Waals surface area contributed by atoms with Gasteiger partial charge in [-0.1, -0.05) is 25.1 Å². The topological polar surface area (TPSA) is 79.7 Å². The Morgan fingerprint density at radius 2 is 1.80 bits per heavy atom. The lowest BCUT2D eigenvalue weighted by atomic mass is 9.90. The lowest BCUT2D eigenvalue weighted by Crippen LogP contribution is -2.42. The van der Waals surface area contributed by atoms with Gasteiger partial charge in [-0.25, -0.2) is 9.48 Å². The smallest absolute Gasteiger partial charge is 0.410 e. The number of amides is 2. The maximum Gasteiger partial charge on any atom is 0.410 e. The molecule has 0 spiro atoms. The molecule has 0 radical (unpaired) electrons. The monoisotopic (exact) mass is 481 g/mol. The highest BCUT2D eigenvalue weighted by Crippen LogP contribution is 2.33. The zero-order valence-corrected chi connectivity index (χ0v) is 21.5. The summed E-state index contributed by atoms with van der Waals surface area (Å²) >= 11 is 0. The van der Waals surface area contributed by atoms with Gasteiger partial charge in [0.2, 0.25) is 0 Å². The van der Waals surface area contributed by atoms with E-state index < -0.39 is 5.60 Å². The molecule has 190 valence electrons. The third-order valence-electron chi connectivity index (χ3n) is 6.99. The van der Waals surface area contributed by atoms with Crippen LogP contribution in [-0.4, -0.2) is 75.9 Å². The molecule has 0 saturated carbocycles. The molecule has 0 bridgehead atoms. The van der Waals surface area contributed by atoms with E-state index in [2.05, 4.69) is 22.2 Å². The van der Waals surface area contributed by atoms with Gasteiger partial charge in [0, 0.05) is 31.6 Å². The van der Waals surface area contributed by atoms with Crippen LogP contribution in [0.4, 0.5) is 4.79 Å². The minimum Gasteiger partial charge on any atom is -0.444 e. The van der Waals surface area contributed by atoms with Crippen molar-refractivity contribution in [1.82, 2.24) is 24.9 Å². The van der Waals surface area contributed by atoms with Crippen LogP contribution in [0.15, 0.2) is 36.5 Å². The van der Waals surface area contributed by atoms with Crippen LogP contribution < -0.4 is 5.32 Å². The minimum absolute atomic E-state index is 0.0697. The third kappa shape index (κ3) is 6.04. The number of nitrogens with one attached hydrogen (secondary N) is 1. The Hall–Kier alpha value is -2.87. The van der Waals surface area contributed by atoms with Gasteiger partial charge in [-0.15, -0.1) is 0 Å². The lowest BCUT2D eigenvalue weighted by molar-refractivity contribution is 0.0203. The van der Waals surface area contributed by atoms with Crippen LogP contribution in [0.5, 0.6) is 0 Å². The molecule has 4 rings (SSSR count). The van der Waals surface area contributed by atoms with E-state index in [4.69, 9.17) is 4.74 Å². The quantitative estimate of drug-likeness (QED) is 0.669. The summed E-state index contributed by atoms with van der Waals surface area (Å²) in [4.78, 5) is 30.1. The first kappa shape index (κ1) is 25.2. The molecule has 2 aliphatic heterocycles. The Labute approximate surface area is 208 Å². The summed E-state index contributed by atoms with van der Waals surface area (Å²) < 4.78 is 7.46. The van der Waals surface area contributed by atoms with E-state index in [0.717, 1.165) is 43.7 Å². The number of carbonyl (C=O) groups excluding carboxylic acids is 2. The minimum atomic E-state index is -0.516. The predicted molar refractivity (Wildman–Crippen MR) is 136 cm³/mol. The second kappa shape index (κ2) is 10.8. The first-order valence-electron chi connectivity index (χ1n) is 12.9. The average Bonchev–Trinajstić information content (AvgIpc) is 3.49. The van der Waals surface area contributed by atoms with Crippen molar-refractivity contribution in [3.8, 4) is 5.69 Å². The Morgan fingerprint density at radius 1 is 1.09 bits per heavy atom. The second-order valence-electron chi connectivity index (χ2n) is 10.6. The molecule has 0 aliphatic carbocycles. The number of ether oxygens (including phenoxy) is 1. The summed E-state index contributed by atoms with van der Waals surface area (Å²) in [7, 11) is 0. The summed E-state index contributed by atoms with van der Waals surface area (Å²) in [6.07, 6.45) is 5.23. The van der Waals surface area contributed by atoms with E-state index in [0.29, 0.717) is 31.2 Å². The van der Waals surface area contributed by atoms with Crippen molar-refractivity contribution in [2.75, 3.05) is 32.7 Å². The van der Waals surface area contributed by atoms with Gasteiger partial charge in [-0.2, -0.15) is 5.10 Å². The molecule has 1 aromatic carbocycles. The molecule has 3 heterocycles. The number of nitrogens with zero attached hydrogens (tertiary/aromatic N) is 4. The number of hydrogen-bond donors (Lipinski definition) is 1. The number of likely N-dealkylation sites (tertiary alicyclic amines) is 2. The van der Waals surface area contributed by atoms with E-state index in [9.17, 15) is 9.59 Å². The van der Waals surface area contributed by atoms with Gasteiger partial charge >= 0.3 is 6.09 Å². The fourth-order valence-corrected chi connectivity index (χ4v) is 5.21. The average molecular weight is 482 g/mol. The zero-order chi connectivity index (χ0) is 25.0. The van der Waals surface area contributed by atoms with Gasteiger partial charge in [0.05, 0.1) is 23.1 Å². The highest BCUT2D eigenvalue weighted by atomic mass is 16.6. The molecule has 0 unspecified atom stereocenters. The summed E-state index contributed by atoms with van der Waals surface area (Å²) in [6, 6.07) is 10.3. The first-order valence-corrected chi connectivity index (χ1v) is 12.9. The number of carbonyl (C=O) groups is 2. The number of piperidine rings is 1. The Bertz CT molecular complexity index is 1010. The van der Waals surface area contributed by atoms with Gasteiger partial charge in [0.25, 0.3) is 5.91 Å². The number of rotatable bonds is 6. The number of para-hydroxylation sites is 1. The molecule has 8 heteroatoms. The highest BCUT2D eigenvalue weighted by molar-refractivity contribution is 5.95. The standard InChI is InChI=1S/C27H39N5O3/c1-5-30-15-9-12-22(30)18-28-25(33)23-19-29-32(21-10-7-6-8-11-21)24(23)20-13-16-31(17-14-20)26(34)35-27(2,3)4/h6-8,10-11,19-20,22H,5,9,12-18H2,1-4H3,(H,28,33)/t22-/m1/s1. The summed E-state index contributed by atoms with van der Waals surface area (Å²) in [5.41, 5.74) is 1.98.